The number of halogens is 1. The Morgan fingerprint density at radius 1 is 1.06 bits per heavy atom. The van der Waals surface area contributed by atoms with Crippen molar-refractivity contribution in [2.45, 2.75) is 19.0 Å². The van der Waals surface area contributed by atoms with E-state index in [0.717, 1.165) is 35.0 Å². The molecule has 1 aliphatic rings. The van der Waals surface area contributed by atoms with Gasteiger partial charge >= 0.3 is 0 Å². The molecule has 1 amide bonds. The van der Waals surface area contributed by atoms with Gasteiger partial charge < -0.3 is 10.3 Å². The summed E-state index contributed by atoms with van der Waals surface area (Å²) in [6, 6.07) is 26.8. The van der Waals surface area contributed by atoms with E-state index in [1.54, 1.807) is 12.1 Å². The lowest BCUT2D eigenvalue weighted by atomic mass is 10.0. The summed E-state index contributed by atoms with van der Waals surface area (Å²) in [5.41, 5.74) is 4.41. The van der Waals surface area contributed by atoms with E-state index in [4.69, 9.17) is 0 Å². The number of nitrogens with one attached hydrogen (secondary N) is 2. The lowest BCUT2D eigenvalue weighted by Gasteiger charge is -2.24. The molecule has 2 heterocycles. The number of amides is 1. The topological polar surface area (TPSA) is 71.9 Å². The third-order valence-corrected chi connectivity index (χ3v) is 6.48. The van der Waals surface area contributed by atoms with E-state index >= 15 is 0 Å². The number of carbonyl (C=O) groups excluding carboxylic acids is 1. The van der Waals surface area contributed by atoms with Crippen molar-refractivity contribution in [2.24, 2.45) is 5.92 Å². The van der Waals surface area contributed by atoms with Gasteiger partial charge in [-0.25, -0.2) is 4.39 Å². The van der Waals surface area contributed by atoms with Crippen molar-refractivity contribution >= 4 is 16.8 Å². The number of hydrogen-bond donors (Lipinski definition) is 2. The van der Waals surface area contributed by atoms with Crippen LogP contribution in [0.3, 0.4) is 0 Å². The summed E-state index contributed by atoms with van der Waals surface area (Å²) in [5.74, 6) is -0.461. The van der Waals surface area contributed by atoms with Gasteiger partial charge in [-0.2, -0.15) is 5.26 Å². The first-order chi connectivity index (χ1) is 16.6. The largest absolute Gasteiger partial charge is 0.351 e. The number of aromatic amines is 1. The predicted molar refractivity (Wildman–Crippen MR) is 130 cm³/mol. The van der Waals surface area contributed by atoms with Crippen molar-refractivity contribution in [2.75, 3.05) is 13.1 Å². The SMILES string of the molecule is N#C[C@@H]1C[C@H](CNC(=O)c2cc3ccc(-c4ccc(F)cc4)cc3[nH]2)N(Cc2ccccc2)C1. The van der Waals surface area contributed by atoms with E-state index in [9.17, 15) is 14.4 Å². The van der Waals surface area contributed by atoms with Gasteiger partial charge in [-0.05, 0) is 47.4 Å². The van der Waals surface area contributed by atoms with E-state index in [0.29, 0.717) is 18.8 Å². The van der Waals surface area contributed by atoms with Crippen molar-refractivity contribution < 1.29 is 9.18 Å². The number of nitrogens with zero attached hydrogens (tertiary/aromatic N) is 2. The van der Waals surface area contributed by atoms with Crippen molar-refractivity contribution in [1.82, 2.24) is 15.2 Å². The van der Waals surface area contributed by atoms with Crippen LogP contribution in [0.1, 0.15) is 22.5 Å². The summed E-state index contributed by atoms with van der Waals surface area (Å²) in [6.07, 6.45) is 0.747. The Bertz CT molecular complexity index is 1340. The maximum atomic E-state index is 13.2. The van der Waals surface area contributed by atoms with E-state index in [2.05, 4.69) is 33.4 Å². The molecule has 0 bridgehead atoms. The second kappa shape index (κ2) is 9.50. The summed E-state index contributed by atoms with van der Waals surface area (Å²) in [4.78, 5) is 18.4. The average molecular weight is 453 g/mol. The van der Waals surface area contributed by atoms with Crippen molar-refractivity contribution in [3.8, 4) is 17.2 Å². The molecule has 170 valence electrons. The molecule has 4 aromatic rings. The highest BCUT2D eigenvalue weighted by atomic mass is 19.1. The second-order valence-electron chi connectivity index (χ2n) is 8.83. The average Bonchev–Trinajstić information content (AvgIpc) is 3.47. The fourth-order valence-corrected chi connectivity index (χ4v) is 4.68. The zero-order valence-corrected chi connectivity index (χ0v) is 18.7. The first-order valence-electron chi connectivity index (χ1n) is 11.4. The third kappa shape index (κ3) is 4.70. The molecule has 5 nitrogen and oxygen atoms in total. The number of H-pyrrole nitrogens is 1. The van der Waals surface area contributed by atoms with Gasteiger partial charge in [0.1, 0.15) is 11.5 Å². The van der Waals surface area contributed by atoms with Crippen LogP contribution < -0.4 is 5.32 Å². The Morgan fingerprint density at radius 2 is 1.82 bits per heavy atom. The fraction of sp³-hybridized carbons (Fsp3) is 0.214. The monoisotopic (exact) mass is 452 g/mol. The lowest BCUT2D eigenvalue weighted by Crippen LogP contribution is -2.39. The molecule has 5 rings (SSSR count). The van der Waals surface area contributed by atoms with Crippen LogP contribution in [0.15, 0.2) is 78.9 Å². The van der Waals surface area contributed by atoms with Crippen LogP contribution in [-0.2, 0) is 6.54 Å². The van der Waals surface area contributed by atoms with Crippen molar-refractivity contribution in [3.63, 3.8) is 0 Å². The molecule has 1 aromatic heterocycles. The van der Waals surface area contributed by atoms with Gasteiger partial charge in [0.25, 0.3) is 5.91 Å². The number of aromatic nitrogens is 1. The summed E-state index contributed by atoms with van der Waals surface area (Å²) >= 11 is 0. The normalized spacial score (nSPS) is 18.1. The Morgan fingerprint density at radius 3 is 2.59 bits per heavy atom. The molecule has 1 aliphatic heterocycles. The molecular formula is C28H25FN4O. The number of hydrogen-bond acceptors (Lipinski definition) is 3. The number of rotatable bonds is 6. The smallest absolute Gasteiger partial charge is 0.267 e. The van der Waals surface area contributed by atoms with Gasteiger partial charge in [-0.3, -0.25) is 9.69 Å². The number of benzene rings is 3. The minimum atomic E-state index is -0.269. The number of likely N-dealkylation sites (tertiary alicyclic amines) is 1. The van der Waals surface area contributed by atoms with E-state index in [1.807, 2.05) is 42.5 Å². The maximum absolute atomic E-state index is 13.2. The minimum Gasteiger partial charge on any atom is -0.351 e. The van der Waals surface area contributed by atoms with Crippen molar-refractivity contribution in [3.05, 3.63) is 95.9 Å². The van der Waals surface area contributed by atoms with Crippen LogP contribution in [0.2, 0.25) is 0 Å². The molecule has 0 aliphatic carbocycles. The Hall–Kier alpha value is -3.95. The molecule has 34 heavy (non-hydrogen) atoms. The Labute approximate surface area is 197 Å². The first-order valence-corrected chi connectivity index (χ1v) is 11.4. The van der Waals surface area contributed by atoms with E-state index in [1.165, 1.54) is 17.7 Å². The highest BCUT2D eigenvalue weighted by Gasteiger charge is 2.32. The van der Waals surface area contributed by atoms with Gasteiger partial charge in [0, 0.05) is 36.6 Å². The molecule has 6 heteroatoms. The summed E-state index contributed by atoms with van der Waals surface area (Å²) in [7, 11) is 0. The van der Waals surface area contributed by atoms with Crippen LogP contribution >= 0.6 is 0 Å². The highest BCUT2D eigenvalue weighted by molar-refractivity contribution is 5.98. The van der Waals surface area contributed by atoms with E-state index in [-0.39, 0.29) is 23.7 Å². The molecule has 0 spiro atoms. The van der Waals surface area contributed by atoms with Crippen LogP contribution in [-0.4, -0.2) is 34.9 Å². The van der Waals surface area contributed by atoms with E-state index < -0.39 is 0 Å². The summed E-state index contributed by atoms with van der Waals surface area (Å²) in [6.45, 7) is 1.96. The molecule has 0 radical (unpaired) electrons. The quantitative estimate of drug-likeness (QED) is 0.427. The molecule has 3 aromatic carbocycles. The molecule has 0 unspecified atom stereocenters. The molecule has 1 saturated heterocycles. The minimum absolute atomic E-state index is 0.0245. The Balaban J connectivity index is 1.27. The zero-order valence-electron chi connectivity index (χ0n) is 18.7. The Kier molecular flexibility index (Phi) is 6.11. The standard InChI is InChI=1S/C28H25FN4O/c29-24-10-8-21(9-11-24)22-6-7-23-14-27(32-26(23)13-22)28(34)31-16-25-12-20(15-30)18-33(25)17-19-4-2-1-3-5-19/h1-11,13-14,20,25,32H,12,16-18H2,(H,31,34)/t20-,25+/m0/s1. The predicted octanol–water partition coefficient (Wildman–Crippen LogP) is 5.12. The fourth-order valence-electron chi connectivity index (χ4n) is 4.68. The van der Waals surface area contributed by atoms with Crippen LogP contribution in [0, 0.1) is 23.1 Å². The second-order valence-corrected chi connectivity index (χ2v) is 8.83. The summed E-state index contributed by atoms with van der Waals surface area (Å²) in [5, 5.41) is 13.4. The molecule has 2 atom stereocenters. The van der Waals surface area contributed by atoms with Gasteiger partial charge in [0.15, 0.2) is 0 Å². The third-order valence-electron chi connectivity index (χ3n) is 6.48. The van der Waals surface area contributed by atoms with Crippen molar-refractivity contribution in [1.29, 1.82) is 5.26 Å². The van der Waals surface area contributed by atoms with Gasteiger partial charge in [-0.15, -0.1) is 0 Å². The number of nitriles is 1. The first kappa shape index (κ1) is 21.9. The molecule has 1 fully saturated rings. The van der Waals surface area contributed by atoms with Gasteiger partial charge in [-0.1, -0.05) is 54.6 Å². The molecule has 0 saturated carbocycles. The molecular weight excluding hydrogens is 427 g/mol. The van der Waals surface area contributed by atoms with Crippen LogP contribution in [0.4, 0.5) is 4.39 Å². The van der Waals surface area contributed by atoms with Gasteiger partial charge in [0.2, 0.25) is 0 Å². The highest BCUT2D eigenvalue weighted by Crippen LogP contribution is 2.26. The zero-order chi connectivity index (χ0) is 23.5. The number of carbonyl (C=O) groups is 1. The molecule has 2 N–H and O–H groups in total. The lowest BCUT2D eigenvalue weighted by molar-refractivity contribution is 0.0935. The summed E-state index contributed by atoms with van der Waals surface area (Å²) < 4.78 is 13.2. The number of fused-ring (bicyclic) bond motifs is 1. The van der Waals surface area contributed by atoms with Crippen LogP contribution in [0.25, 0.3) is 22.0 Å². The van der Waals surface area contributed by atoms with Crippen LogP contribution in [0.5, 0.6) is 0 Å². The maximum Gasteiger partial charge on any atom is 0.267 e. The van der Waals surface area contributed by atoms with Gasteiger partial charge in [0.05, 0.1) is 12.0 Å².